The molecule has 0 saturated carbocycles. The zero-order valence-electron chi connectivity index (χ0n) is 11.0. The molecule has 3 saturated heterocycles. The molecular formula is C14H27N3. The second-order valence-electron chi connectivity index (χ2n) is 6.13. The van der Waals surface area contributed by atoms with Crippen molar-refractivity contribution in [2.24, 2.45) is 5.73 Å². The summed E-state index contributed by atoms with van der Waals surface area (Å²) in [5, 5.41) is 0. The molecule has 0 aromatic heterocycles. The van der Waals surface area contributed by atoms with E-state index in [-0.39, 0.29) is 0 Å². The van der Waals surface area contributed by atoms with Crippen molar-refractivity contribution < 1.29 is 0 Å². The molecule has 0 radical (unpaired) electrons. The topological polar surface area (TPSA) is 32.5 Å². The Balaban J connectivity index is 1.63. The van der Waals surface area contributed by atoms with E-state index in [9.17, 15) is 0 Å². The zero-order valence-corrected chi connectivity index (χ0v) is 11.0. The van der Waals surface area contributed by atoms with Crippen LogP contribution in [0.25, 0.3) is 0 Å². The van der Waals surface area contributed by atoms with Crippen molar-refractivity contribution in [3.8, 4) is 0 Å². The summed E-state index contributed by atoms with van der Waals surface area (Å²) < 4.78 is 0. The molecule has 3 nitrogen and oxygen atoms in total. The minimum Gasteiger partial charge on any atom is -0.329 e. The largest absolute Gasteiger partial charge is 0.329 e. The van der Waals surface area contributed by atoms with E-state index in [1.165, 1.54) is 64.6 Å². The molecule has 2 N–H and O–H groups in total. The number of nitrogens with zero attached hydrogens (tertiary/aromatic N) is 2. The van der Waals surface area contributed by atoms with Crippen LogP contribution in [-0.4, -0.2) is 54.1 Å². The molecule has 0 amide bonds. The first-order valence-electron chi connectivity index (χ1n) is 7.58. The van der Waals surface area contributed by atoms with Gasteiger partial charge in [0.15, 0.2) is 0 Å². The average Bonchev–Trinajstić information content (AvgIpc) is 2.85. The van der Waals surface area contributed by atoms with Crippen molar-refractivity contribution in [3.63, 3.8) is 0 Å². The fraction of sp³-hybridized carbons (Fsp3) is 1.00. The van der Waals surface area contributed by atoms with E-state index in [1.54, 1.807) is 0 Å². The summed E-state index contributed by atoms with van der Waals surface area (Å²) in [6.07, 6.45) is 9.78. The molecule has 3 heteroatoms. The van der Waals surface area contributed by atoms with Crippen molar-refractivity contribution in [2.45, 2.75) is 63.1 Å². The van der Waals surface area contributed by atoms with Gasteiger partial charge in [0, 0.05) is 24.7 Å². The second-order valence-corrected chi connectivity index (χ2v) is 6.13. The predicted octanol–water partition coefficient (Wildman–Crippen LogP) is 1.43. The van der Waals surface area contributed by atoms with Gasteiger partial charge in [-0.3, -0.25) is 4.90 Å². The molecule has 3 fully saturated rings. The molecule has 0 spiro atoms. The first-order valence-corrected chi connectivity index (χ1v) is 7.58. The fourth-order valence-corrected chi connectivity index (χ4v) is 4.26. The van der Waals surface area contributed by atoms with Gasteiger partial charge >= 0.3 is 0 Å². The molecule has 98 valence electrons. The molecule has 0 aromatic rings. The lowest BCUT2D eigenvalue weighted by molar-refractivity contribution is 0.0406. The van der Waals surface area contributed by atoms with Gasteiger partial charge in [0.2, 0.25) is 0 Å². The molecule has 0 bridgehead atoms. The maximum Gasteiger partial charge on any atom is 0.0221 e. The standard InChI is InChI=1S/C14H27N3/c15-11-14-4-1-2-8-17(14)13-6-9-16-7-3-5-12(16)10-13/h12-14H,1-11,15H2. The molecule has 0 aliphatic carbocycles. The smallest absolute Gasteiger partial charge is 0.0221 e. The maximum absolute atomic E-state index is 5.96. The summed E-state index contributed by atoms with van der Waals surface area (Å²) in [4.78, 5) is 5.48. The Kier molecular flexibility index (Phi) is 3.69. The van der Waals surface area contributed by atoms with Crippen LogP contribution in [0.1, 0.15) is 44.9 Å². The van der Waals surface area contributed by atoms with Crippen LogP contribution in [0.5, 0.6) is 0 Å². The van der Waals surface area contributed by atoms with E-state index < -0.39 is 0 Å². The number of hydrogen-bond acceptors (Lipinski definition) is 3. The number of nitrogens with two attached hydrogens (primary N) is 1. The van der Waals surface area contributed by atoms with E-state index in [0.29, 0.717) is 6.04 Å². The van der Waals surface area contributed by atoms with Gasteiger partial charge in [-0.25, -0.2) is 0 Å². The van der Waals surface area contributed by atoms with E-state index in [4.69, 9.17) is 5.73 Å². The Morgan fingerprint density at radius 1 is 0.882 bits per heavy atom. The first-order chi connectivity index (χ1) is 8.38. The summed E-state index contributed by atoms with van der Waals surface area (Å²) in [5.74, 6) is 0. The second kappa shape index (κ2) is 5.25. The fourth-order valence-electron chi connectivity index (χ4n) is 4.26. The monoisotopic (exact) mass is 237 g/mol. The number of hydrogen-bond donors (Lipinski definition) is 1. The molecule has 0 aromatic carbocycles. The van der Waals surface area contributed by atoms with Crippen molar-refractivity contribution in [2.75, 3.05) is 26.2 Å². The Hall–Kier alpha value is -0.120. The van der Waals surface area contributed by atoms with Crippen LogP contribution in [0, 0.1) is 0 Å². The number of piperidine rings is 2. The highest BCUT2D eigenvalue weighted by Crippen LogP contribution is 2.32. The highest BCUT2D eigenvalue weighted by molar-refractivity contribution is 4.93. The highest BCUT2D eigenvalue weighted by Gasteiger charge is 2.36. The van der Waals surface area contributed by atoms with E-state index in [0.717, 1.165) is 18.6 Å². The lowest BCUT2D eigenvalue weighted by Crippen LogP contribution is -2.54. The van der Waals surface area contributed by atoms with Gasteiger partial charge in [-0.2, -0.15) is 0 Å². The predicted molar refractivity (Wildman–Crippen MR) is 71.0 cm³/mol. The lowest BCUT2D eigenvalue weighted by atomic mass is 9.91. The number of rotatable bonds is 2. The molecule has 17 heavy (non-hydrogen) atoms. The average molecular weight is 237 g/mol. The summed E-state index contributed by atoms with van der Waals surface area (Å²) in [6, 6.07) is 2.42. The molecule has 3 rings (SSSR count). The van der Waals surface area contributed by atoms with Crippen molar-refractivity contribution in [1.82, 2.24) is 9.80 Å². The Bertz CT molecular complexity index is 256. The molecule has 3 atom stereocenters. The van der Waals surface area contributed by atoms with Gasteiger partial charge in [0.25, 0.3) is 0 Å². The maximum atomic E-state index is 5.96. The highest BCUT2D eigenvalue weighted by atomic mass is 15.2. The van der Waals surface area contributed by atoms with Crippen LogP contribution < -0.4 is 5.73 Å². The third-order valence-corrected chi connectivity index (χ3v) is 5.21. The molecule has 3 aliphatic heterocycles. The molecule has 3 heterocycles. The summed E-state index contributed by atoms with van der Waals surface area (Å²) in [6.45, 7) is 4.87. The van der Waals surface area contributed by atoms with Crippen LogP contribution in [0.15, 0.2) is 0 Å². The van der Waals surface area contributed by atoms with Gasteiger partial charge in [0.05, 0.1) is 0 Å². The lowest BCUT2D eigenvalue weighted by Gasteiger charge is -2.45. The molecule has 3 aliphatic rings. The molecule has 3 unspecified atom stereocenters. The van der Waals surface area contributed by atoms with Crippen LogP contribution in [-0.2, 0) is 0 Å². The normalized spacial score (nSPS) is 40.4. The van der Waals surface area contributed by atoms with Gasteiger partial charge in [-0.15, -0.1) is 0 Å². The van der Waals surface area contributed by atoms with Crippen molar-refractivity contribution in [1.29, 1.82) is 0 Å². The summed E-state index contributed by atoms with van der Waals surface area (Å²) in [5.41, 5.74) is 5.96. The minimum atomic E-state index is 0.682. The Morgan fingerprint density at radius 3 is 2.71 bits per heavy atom. The molecular weight excluding hydrogens is 210 g/mol. The van der Waals surface area contributed by atoms with Gasteiger partial charge < -0.3 is 10.6 Å². The van der Waals surface area contributed by atoms with Gasteiger partial charge in [-0.05, 0) is 58.2 Å². The summed E-state index contributed by atoms with van der Waals surface area (Å²) in [7, 11) is 0. The first kappa shape index (κ1) is 11.9. The minimum absolute atomic E-state index is 0.682. The third kappa shape index (κ3) is 2.38. The Labute approximate surface area is 105 Å². The Morgan fingerprint density at radius 2 is 1.82 bits per heavy atom. The van der Waals surface area contributed by atoms with Crippen LogP contribution in [0.3, 0.4) is 0 Å². The van der Waals surface area contributed by atoms with Crippen molar-refractivity contribution >= 4 is 0 Å². The number of likely N-dealkylation sites (tertiary alicyclic amines) is 1. The van der Waals surface area contributed by atoms with Crippen LogP contribution >= 0.6 is 0 Å². The van der Waals surface area contributed by atoms with E-state index in [2.05, 4.69) is 9.80 Å². The quantitative estimate of drug-likeness (QED) is 0.788. The van der Waals surface area contributed by atoms with E-state index in [1.807, 2.05) is 0 Å². The van der Waals surface area contributed by atoms with Gasteiger partial charge in [-0.1, -0.05) is 6.42 Å². The zero-order chi connectivity index (χ0) is 11.7. The van der Waals surface area contributed by atoms with E-state index >= 15 is 0 Å². The SMILES string of the molecule is NCC1CCCCN1C1CCN2CCCC2C1. The van der Waals surface area contributed by atoms with Gasteiger partial charge in [0.1, 0.15) is 0 Å². The van der Waals surface area contributed by atoms with Crippen LogP contribution in [0.4, 0.5) is 0 Å². The number of fused-ring (bicyclic) bond motifs is 1. The van der Waals surface area contributed by atoms with Crippen molar-refractivity contribution in [3.05, 3.63) is 0 Å². The third-order valence-electron chi connectivity index (χ3n) is 5.21. The van der Waals surface area contributed by atoms with Crippen LogP contribution in [0.2, 0.25) is 0 Å². The summed E-state index contributed by atoms with van der Waals surface area (Å²) >= 11 is 0.